The molecule has 0 fully saturated rings. The third-order valence-corrected chi connectivity index (χ3v) is 2.91. The van der Waals surface area contributed by atoms with Crippen LogP contribution in [0.3, 0.4) is 0 Å². The fourth-order valence-electron chi connectivity index (χ4n) is 1.81. The summed E-state index contributed by atoms with van der Waals surface area (Å²) < 4.78 is 0. The molecule has 20 heavy (non-hydrogen) atoms. The third-order valence-electron chi connectivity index (χ3n) is 2.91. The topological polar surface area (TPSA) is 88.0 Å². The van der Waals surface area contributed by atoms with Crippen molar-refractivity contribution >= 4 is 18.0 Å². The Bertz CT molecular complexity index is 642. The van der Waals surface area contributed by atoms with Gasteiger partial charge >= 0.3 is 5.97 Å². The van der Waals surface area contributed by atoms with Crippen molar-refractivity contribution in [2.24, 2.45) is 15.7 Å². The molecule has 0 spiro atoms. The molecule has 0 bridgehead atoms. The van der Waals surface area contributed by atoms with Crippen LogP contribution in [0.1, 0.15) is 28.8 Å². The van der Waals surface area contributed by atoms with E-state index in [2.05, 4.69) is 16.6 Å². The molecule has 1 heterocycles. The predicted octanol–water partition coefficient (Wildman–Crippen LogP) is 2.35. The molecule has 0 aromatic heterocycles. The maximum absolute atomic E-state index is 10.9. The summed E-state index contributed by atoms with van der Waals surface area (Å²) in [5.41, 5.74) is 8.13. The van der Waals surface area contributed by atoms with E-state index in [1.54, 1.807) is 18.3 Å². The summed E-state index contributed by atoms with van der Waals surface area (Å²) in [4.78, 5) is 19.2. The van der Waals surface area contributed by atoms with E-state index in [9.17, 15) is 4.79 Å². The molecule has 0 aliphatic carbocycles. The number of amidine groups is 1. The van der Waals surface area contributed by atoms with Gasteiger partial charge in [-0.3, -0.25) is 4.99 Å². The number of carbonyl (C=O) groups is 1. The number of carboxylic acid groups (broad SMARTS) is 1. The molecule has 5 nitrogen and oxygen atoms in total. The molecule has 0 unspecified atom stereocenters. The molecule has 2 rings (SSSR count). The highest BCUT2D eigenvalue weighted by Gasteiger charge is 2.08. The van der Waals surface area contributed by atoms with Gasteiger partial charge in [0, 0.05) is 18.0 Å². The Morgan fingerprint density at radius 3 is 2.80 bits per heavy atom. The first kappa shape index (κ1) is 13.7. The Balaban J connectivity index is 2.24. The third kappa shape index (κ3) is 3.20. The number of benzene rings is 1. The van der Waals surface area contributed by atoms with E-state index in [4.69, 9.17) is 10.8 Å². The minimum Gasteiger partial charge on any atom is -0.478 e. The fraction of sp³-hybridized carbons (Fsp3) is 0.133. The smallest absolute Gasteiger partial charge is 0.335 e. The van der Waals surface area contributed by atoms with E-state index in [-0.39, 0.29) is 11.4 Å². The van der Waals surface area contributed by atoms with E-state index >= 15 is 0 Å². The van der Waals surface area contributed by atoms with Crippen LogP contribution in [-0.4, -0.2) is 23.1 Å². The molecule has 0 saturated heterocycles. The molecule has 102 valence electrons. The van der Waals surface area contributed by atoms with Gasteiger partial charge in [-0.05, 0) is 30.5 Å². The minimum absolute atomic E-state index is 0.174. The first-order valence-corrected chi connectivity index (χ1v) is 6.16. The summed E-state index contributed by atoms with van der Waals surface area (Å²) in [6.45, 7) is 3.88. The van der Waals surface area contributed by atoms with Crippen LogP contribution in [-0.2, 0) is 0 Å². The zero-order valence-electron chi connectivity index (χ0n) is 10.9. The summed E-state index contributed by atoms with van der Waals surface area (Å²) in [5, 5.41) is 8.95. The number of hydrogen-bond acceptors (Lipinski definition) is 3. The summed E-state index contributed by atoms with van der Waals surface area (Å²) >= 11 is 0. The van der Waals surface area contributed by atoms with Gasteiger partial charge in [0.1, 0.15) is 5.84 Å². The van der Waals surface area contributed by atoms with E-state index in [0.717, 1.165) is 18.4 Å². The standard InChI is InChI=1S/C15H15N3O2/c1-10(13-6-3-7-17-9-13)18-14(16)11-4-2-5-12(8-11)15(19)20/h2,4-5,7-9H,1,3,6H2,(H2,16,18)(H,19,20). The highest BCUT2D eigenvalue weighted by atomic mass is 16.4. The van der Waals surface area contributed by atoms with Crippen molar-refractivity contribution in [1.29, 1.82) is 0 Å². The molecular formula is C15H15N3O2. The van der Waals surface area contributed by atoms with E-state index in [1.807, 2.05) is 6.21 Å². The van der Waals surface area contributed by atoms with Gasteiger partial charge in [0.15, 0.2) is 0 Å². The zero-order valence-corrected chi connectivity index (χ0v) is 10.9. The molecule has 0 saturated carbocycles. The normalized spacial score (nSPS) is 14.8. The summed E-state index contributed by atoms with van der Waals surface area (Å²) in [5.74, 6) is -0.753. The minimum atomic E-state index is -0.997. The maximum Gasteiger partial charge on any atom is 0.335 e. The highest BCUT2D eigenvalue weighted by molar-refractivity contribution is 6.00. The zero-order chi connectivity index (χ0) is 14.5. The second-order valence-electron chi connectivity index (χ2n) is 4.35. The number of aliphatic imine (C=N–C) groups is 2. The summed E-state index contributed by atoms with van der Waals surface area (Å²) in [6, 6.07) is 6.34. The van der Waals surface area contributed by atoms with Gasteiger partial charge in [0.05, 0.1) is 11.3 Å². The molecule has 1 aromatic carbocycles. The van der Waals surface area contributed by atoms with Crippen LogP contribution >= 0.6 is 0 Å². The number of allylic oxidation sites excluding steroid dienone is 1. The van der Waals surface area contributed by atoms with Gasteiger partial charge in [0.25, 0.3) is 0 Å². The van der Waals surface area contributed by atoms with Crippen molar-refractivity contribution in [1.82, 2.24) is 0 Å². The Morgan fingerprint density at radius 2 is 2.15 bits per heavy atom. The van der Waals surface area contributed by atoms with Crippen LogP contribution in [0.15, 0.2) is 58.3 Å². The van der Waals surface area contributed by atoms with Gasteiger partial charge in [-0.15, -0.1) is 0 Å². The van der Waals surface area contributed by atoms with Gasteiger partial charge in [-0.25, -0.2) is 9.79 Å². The Morgan fingerprint density at radius 1 is 1.40 bits per heavy atom. The monoisotopic (exact) mass is 269 g/mol. The van der Waals surface area contributed by atoms with Crippen LogP contribution in [0.4, 0.5) is 0 Å². The molecule has 1 aliphatic heterocycles. The average molecular weight is 269 g/mol. The molecule has 3 N–H and O–H groups in total. The highest BCUT2D eigenvalue weighted by Crippen LogP contribution is 2.18. The number of hydrogen-bond donors (Lipinski definition) is 2. The van der Waals surface area contributed by atoms with Crippen molar-refractivity contribution in [3.63, 3.8) is 0 Å². The lowest BCUT2D eigenvalue weighted by Crippen LogP contribution is -2.14. The van der Waals surface area contributed by atoms with Crippen LogP contribution in [0, 0.1) is 0 Å². The molecule has 0 atom stereocenters. The fourth-order valence-corrected chi connectivity index (χ4v) is 1.81. The van der Waals surface area contributed by atoms with E-state index in [0.29, 0.717) is 11.3 Å². The summed E-state index contributed by atoms with van der Waals surface area (Å²) in [7, 11) is 0. The van der Waals surface area contributed by atoms with Crippen LogP contribution < -0.4 is 5.73 Å². The lowest BCUT2D eigenvalue weighted by molar-refractivity contribution is 0.0697. The predicted molar refractivity (Wildman–Crippen MR) is 79.1 cm³/mol. The van der Waals surface area contributed by atoms with Crippen LogP contribution in [0.2, 0.25) is 0 Å². The van der Waals surface area contributed by atoms with Crippen LogP contribution in [0.25, 0.3) is 0 Å². The number of carboxylic acids is 1. The van der Waals surface area contributed by atoms with Crippen LogP contribution in [0.5, 0.6) is 0 Å². The van der Waals surface area contributed by atoms with Crippen molar-refractivity contribution in [2.75, 3.05) is 0 Å². The molecule has 1 aliphatic rings. The molecular weight excluding hydrogens is 254 g/mol. The summed E-state index contributed by atoms with van der Waals surface area (Å²) in [6.07, 6.45) is 5.24. The number of nitrogens with two attached hydrogens (primary N) is 1. The second kappa shape index (κ2) is 5.97. The van der Waals surface area contributed by atoms with Crippen molar-refractivity contribution in [3.8, 4) is 0 Å². The SMILES string of the molecule is C=C(N=C(N)c1cccc(C(=O)O)c1)C1=CN=CCC1. The lowest BCUT2D eigenvalue weighted by atomic mass is 10.1. The number of aromatic carboxylic acids is 1. The van der Waals surface area contributed by atoms with Crippen molar-refractivity contribution in [2.45, 2.75) is 12.8 Å². The number of nitrogens with zero attached hydrogens (tertiary/aromatic N) is 2. The maximum atomic E-state index is 10.9. The molecule has 0 radical (unpaired) electrons. The van der Waals surface area contributed by atoms with Gasteiger partial charge < -0.3 is 10.8 Å². The second-order valence-corrected chi connectivity index (χ2v) is 4.35. The van der Waals surface area contributed by atoms with E-state index < -0.39 is 5.97 Å². The quantitative estimate of drug-likeness (QED) is 0.649. The molecule has 0 amide bonds. The van der Waals surface area contributed by atoms with E-state index in [1.165, 1.54) is 12.1 Å². The van der Waals surface area contributed by atoms with Crippen molar-refractivity contribution < 1.29 is 9.90 Å². The Kier molecular flexibility index (Phi) is 4.10. The van der Waals surface area contributed by atoms with Gasteiger partial charge in [0.2, 0.25) is 0 Å². The lowest BCUT2D eigenvalue weighted by Gasteiger charge is -2.09. The molecule has 1 aromatic rings. The Hall–Kier alpha value is -2.69. The first-order valence-electron chi connectivity index (χ1n) is 6.16. The Labute approximate surface area is 116 Å². The van der Waals surface area contributed by atoms with Crippen molar-refractivity contribution in [3.05, 3.63) is 59.4 Å². The molecule has 5 heteroatoms. The first-order chi connectivity index (χ1) is 9.58. The largest absolute Gasteiger partial charge is 0.478 e. The van der Waals surface area contributed by atoms with Gasteiger partial charge in [-0.2, -0.15) is 0 Å². The number of rotatable bonds is 4. The average Bonchev–Trinajstić information content (AvgIpc) is 2.48. The van der Waals surface area contributed by atoms with Gasteiger partial charge in [-0.1, -0.05) is 18.7 Å².